The van der Waals surface area contributed by atoms with Crippen molar-refractivity contribution in [2.24, 2.45) is 0 Å². The van der Waals surface area contributed by atoms with E-state index >= 15 is 0 Å². The van der Waals surface area contributed by atoms with Gasteiger partial charge in [0.05, 0.1) is 35.8 Å². The number of nitrogens with zero attached hydrogens (tertiary/aromatic N) is 7. The maximum absolute atomic E-state index is 2.77. The minimum absolute atomic E-state index is 0. The summed E-state index contributed by atoms with van der Waals surface area (Å²) >= 11 is 0. The van der Waals surface area contributed by atoms with Crippen molar-refractivity contribution in [3.63, 3.8) is 0 Å². The largest absolute Gasteiger partial charge is 1.00 e. The van der Waals surface area contributed by atoms with E-state index in [1.54, 1.807) is 0 Å². The van der Waals surface area contributed by atoms with Crippen molar-refractivity contribution in [2.75, 3.05) is 73.6 Å². The summed E-state index contributed by atoms with van der Waals surface area (Å²) in [6.45, 7) is 12.2. The highest BCUT2D eigenvalue weighted by Crippen LogP contribution is 2.35. The lowest BCUT2D eigenvalue weighted by atomic mass is 10.1. The number of benzene rings is 6. The first-order chi connectivity index (χ1) is 28.8. The van der Waals surface area contributed by atoms with Crippen molar-refractivity contribution in [3.05, 3.63) is 146 Å². The summed E-state index contributed by atoms with van der Waals surface area (Å²) in [5.74, 6) is 4.13. The first kappa shape index (κ1) is 41.5. The van der Waals surface area contributed by atoms with Crippen molar-refractivity contribution < 1.29 is 47.7 Å². The van der Waals surface area contributed by atoms with Crippen LogP contribution in [0.25, 0.3) is 65.0 Å². The fraction of sp³-hybridized carbons (Fsp3) is 0.235. The van der Waals surface area contributed by atoms with Gasteiger partial charge in [0, 0.05) is 52.0 Å². The van der Waals surface area contributed by atoms with Crippen molar-refractivity contribution >= 4 is 99.5 Å². The van der Waals surface area contributed by atoms with Gasteiger partial charge in [-0.2, -0.15) is 0 Å². The number of hydrogen-bond donors (Lipinski definition) is 0. The lowest BCUT2D eigenvalue weighted by Crippen LogP contribution is -3.00. The molecule has 7 nitrogen and oxygen atoms in total. The number of para-hydroxylation sites is 3. The summed E-state index contributed by atoms with van der Waals surface area (Å²) < 4.78 is 7.72. The van der Waals surface area contributed by atoms with E-state index in [0.29, 0.717) is 0 Å². The molecule has 0 bridgehead atoms. The van der Waals surface area contributed by atoms with Gasteiger partial charge in [-0.1, -0.05) is 109 Å². The van der Waals surface area contributed by atoms with Crippen LogP contribution in [0.5, 0.6) is 0 Å². The Kier molecular flexibility index (Phi) is 11.6. The zero-order valence-corrected chi connectivity index (χ0v) is 39.0. The molecule has 0 atom stereocenters. The van der Waals surface area contributed by atoms with Gasteiger partial charge in [0.2, 0.25) is 0 Å². The predicted molar refractivity (Wildman–Crippen MR) is 248 cm³/mol. The SMILES string of the molecule is Br.[Br-].[Br-].c1ccc2c(c1)c1[n+](c3ccccc23)CCN1CCN(CCN1CC[n+]2c1c1ccccc1c1ccccc12)CCN1CC[n+]2c1c1ccccc1c1ccccc12. The van der Waals surface area contributed by atoms with Crippen molar-refractivity contribution in [1.29, 1.82) is 0 Å². The second-order valence-electron chi connectivity index (χ2n) is 16.4. The highest BCUT2D eigenvalue weighted by Gasteiger charge is 2.36. The molecule has 3 aliphatic heterocycles. The highest BCUT2D eigenvalue weighted by atomic mass is 79.9. The van der Waals surface area contributed by atoms with Crippen LogP contribution in [-0.2, 0) is 19.6 Å². The molecule has 0 radical (unpaired) electrons. The van der Waals surface area contributed by atoms with Crippen LogP contribution in [0.3, 0.4) is 0 Å². The minimum Gasteiger partial charge on any atom is -1.00 e. The van der Waals surface area contributed by atoms with E-state index in [4.69, 9.17) is 0 Å². The molecule has 0 fully saturated rings. The van der Waals surface area contributed by atoms with Crippen LogP contribution in [0, 0.1) is 0 Å². The highest BCUT2D eigenvalue weighted by molar-refractivity contribution is 8.93. The third kappa shape index (κ3) is 6.81. The molecular weight excluding hydrogens is 950 g/mol. The molecule has 0 aliphatic carbocycles. The quantitative estimate of drug-likeness (QED) is 0.164. The number of rotatable bonds is 9. The molecule has 3 aromatic heterocycles. The summed E-state index contributed by atoms with van der Waals surface area (Å²) in [5, 5.41) is 12.2. The first-order valence-electron chi connectivity index (χ1n) is 21.3. The van der Waals surface area contributed by atoms with Crippen LogP contribution in [-0.4, -0.2) is 63.8 Å². The third-order valence-electron chi connectivity index (χ3n) is 13.5. The lowest BCUT2D eigenvalue weighted by molar-refractivity contribution is -0.643. The maximum atomic E-state index is 2.77. The third-order valence-corrected chi connectivity index (χ3v) is 13.5. The summed E-state index contributed by atoms with van der Waals surface area (Å²) in [7, 11) is 0. The maximum Gasteiger partial charge on any atom is 0.285 e. The number of anilines is 3. The van der Waals surface area contributed by atoms with Crippen molar-refractivity contribution in [1.82, 2.24) is 4.90 Å². The zero-order valence-electron chi connectivity index (χ0n) is 34.1. The molecule has 308 valence electrons. The van der Waals surface area contributed by atoms with Crippen molar-refractivity contribution in [2.45, 2.75) is 19.6 Å². The predicted octanol–water partition coefficient (Wildman–Crippen LogP) is 2.22. The molecule has 0 N–H and O–H groups in total. The lowest BCUT2D eigenvalue weighted by Gasteiger charge is -2.25. The Balaban J connectivity index is 0.00000159. The molecule has 0 spiro atoms. The average molecular weight is 1000 g/mol. The van der Waals surface area contributed by atoms with Gasteiger partial charge in [-0.15, -0.1) is 17.0 Å². The Hall–Kier alpha value is -4.87. The second kappa shape index (κ2) is 17.1. The molecule has 61 heavy (non-hydrogen) atoms. The molecule has 0 saturated carbocycles. The monoisotopic (exact) mass is 996 g/mol. The van der Waals surface area contributed by atoms with Gasteiger partial charge in [-0.3, -0.25) is 19.6 Å². The van der Waals surface area contributed by atoms with Crippen LogP contribution in [0.1, 0.15) is 0 Å². The standard InChI is InChI=1S/C51H48N7.3BrH/c1-4-19-43-37(13-1)40-16-7-10-22-46(40)56-34-31-53(49(43)56)28-25-52(26-29-54-32-35-57-47-23-11-8-17-41(47)38-14-2-5-20-44(38)50(54)57)27-30-55-33-36-58-48-24-12-9-18-42(48)39-15-3-6-21-45(39)51(55)58;;;/h1-24H,25-36H2;3*1H/q+3;;;/p-2. The molecule has 0 amide bonds. The zero-order chi connectivity index (χ0) is 38.2. The Bertz CT molecular complexity index is 2770. The number of aromatic nitrogens is 3. The molecular formula is C51H49Br3N7+. The average Bonchev–Trinajstić information content (AvgIpc) is 4.05. The Labute approximate surface area is 388 Å². The van der Waals surface area contributed by atoms with E-state index in [9.17, 15) is 0 Å². The van der Waals surface area contributed by atoms with Gasteiger partial charge >= 0.3 is 0 Å². The normalized spacial score (nSPS) is 14.2. The first-order valence-corrected chi connectivity index (χ1v) is 21.3. The van der Waals surface area contributed by atoms with E-state index < -0.39 is 0 Å². The van der Waals surface area contributed by atoms with E-state index in [1.165, 1.54) is 82.5 Å². The van der Waals surface area contributed by atoms with Crippen LogP contribution in [0.2, 0.25) is 0 Å². The summed E-state index contributed by atoms with van der Waals surface area (Å²) in [4.78, 5) is 10.8. The smallest absolute Gasteiger partial charge is 0.285 e. The van der Waals surface area contributed by atoms with Gasteiger partial charge in [-0.25, -0.2) is 13.7 Å². The molecule has 0 saturated heterocycles. The van der Waals surface area contributed by atoms with Crippen LogP contribution in [0.15, 0.2) is 146 Å². The minimum atomic E-state index is 0. The Morgan fingerprint density at radius 3 is 0.885 bits per heavy atom. The fourth-order valence-corrected chi connectivity index (χ4v) is 10.8. The van der Waals surface area contributed by atoms with Crippen LogP contribution < -0.4 is 62.4 Å². The van der Waals surface area contributed by atoms with Gasteiger partial charge in [0.25, 0.3) is 17.5 Å². The van der Waals surface area contributed by atoms with E-state index in [1.807, 2.05) is 0 Å². The number of halogens is 3. The molecule has 3 aliphatic rings. The number of hydrogen-bond acceptors (Lipinski definition) is 4. The van der Waals surface area contributed by atoms with Crippen molar-refractivity contribution in [3.8, 4) is 0 Å². The van der Waals surface area contributed by atoms with Gasteiger partial charge < -0.3 is 34.0 Å². The summed E-state index contributed by atoms with van der Waals surface area (Å²) in [6.07, 6.45) is 0. The Morgan fingerprint density at radius 1 is 0.344 bits per heavy atom. The Morgan fingerprint density at radius 2 is 0.590 bits per heavy atom. The van der Waals surface area contributed by atoms with Gasteiger partial charge in [0.15, 0.2) is 0 Å². The van der Waals surface area contributed by atoms with E-state index in [0.717, 1.165) is 78.5 Å². The van der Waals surface area contributed by atoms with E-state index in [2.05, 4.69) is 179 Å². The number of pyridine rings is 3. The van der Waals surface area contributed by atoms with Gasteiger partial charge in [0.1, 0.15) is 55.8 Å². The topological polar surface area (TPSA) is 24.6 Å². The van der Waals surface area contributed by atoms with Crippen LogP contribution >= 0.6 is 17.0 Å². The molecule has 6 aromatic carbocycles. The molecule has 6 heterocycles. The second-order valence-corrected chi connectivity index (χ2v) is 16.4. The fourth-order valence-electron chi connectivity index (χ4n) is 10.8. The van der Waals surface area contributed by atoms with E-state index in [-0.39, 0.29) is 50.9 Å². The van der Waals surface area contributed by atoms with Gasteiger partial charge in [-0.05, 0) is 36.4 Å². The molecule has 0 unspecified atom stereocenters. The summed E-state index contributed by atoms with van der Waals surface area (Å²) in [6, 6.07) is 54.0. The molecule has 9 aromatic rings. The molecule has 10 heteroatoms. The van der Waals surface area contributed by atoms with Crippen LogP contribution in [0.4, 0.5) is 17.5 Å². The number of fused-ring (bicyclic) bond motifs is 18. The molecule has 12 rings (SSSR count). The summed E-state index contributed by atoms with van der Waals surface area (Å²) in [5.41, 5.74) is 4.02.